The predicted octanol–water partition coefficient (Wildman–Crippen LogP) is 0.443. The van der Waals surface area contributed by atoms with Gasteiger partial charge < -0.3 is 15.2 Å². The molecule has 162 valence electrons. The fraction of sp³-hybridized carbons (Fsp3) is 0.333. The highest BCUT2D eigenvalue weighted by Gasteiger charge is 2.21. The van der Waals surface area contributed by atoms with Crippen molar-refractivity contribution in [2.75, 3.05) is 38.1 Å². The monoisotopic (exact) mass is 426 g/mol. The highest BCUT2D eigenvalue weighted by Crippen LogP contribution is 2.21. The summed E-state index contributed by atoms with van der Waals surface area (Å²) in [5, 5.41) is 2.90. The van der Waals surface area contributed by atoms with Gasteiger partial charge in [-0.3, -0.25) is 19.1 Å². The summed E-state index contributed by atoms with van der Waals surface area (Å²) in [7, 11) is 2.92. The number of aromatic nitrogens is 3. The molecule has 10 heteroatoms. The number of hydrogen-bond donors (Lipinski definition) is 2. The summed E-state index contributed by atoms with van der Waals surface area (Å²) >= 11 is 0. The van der Waals surface area contributed by atoms with Gasteiger partial charge in [0.15, 0.2) is 0 Å². The molecule has 0 atom stereocenters. The number of nitrogens with zero attached hydrogens (tertiary/aromatic N) is 4. The number of halogens is 1. The molecule has 1 amide bonds. The number of anilines is 1. The van der Waals surface area contributed by atoms with Crippen LogP contribution in [0.15, 0.2) is 39.9 Å². The number of amides is 1. The van der Waals surface area contributed by atoms with Crippen molar-refractivity contribution in [2.24, 2.45) is 7.05 Å². The van der Waals surface area contributed by atoms with E-state index < -0.39 is 17.5 Å². The summed E-state index contributed by atoms with van der Waals surface area (Å²) in [6, 6.07) is 8.54. The molecule has 3 heterocycles. The third-order valence-electron chi connectivity index (χ3n) is 5.57. The number of carbonyl (C=O) groups is 1. The van der Waals surface area contributed by atoms with Crippen molar-refractivity contribution in [1.29, 1.82) is 0 Å². The lowest BCUT2D eigenvalue weighted by molar-refractivity contribution is 0.0957. The van der Waals surface area contributed by atoms with Gasteiger partial charge >= 0.3 is 5.69 Å². The fourth-order valence-electron chi connectivity index (χ4n) is 3.77. The van der Waals surface area contributed by atoms with E-state index in [9.17, 15) is 18.8 Å². The number of carbonyl (C=O) groups excluding carboxylic acids is 1. The number of aromatic amines is 1. The molecule has 0 saturated carbocycles. The molecule has 1 aliphatic heterocycles. The van der Waals surface area contributed by atoms with Crippen molar-refractivity contribution in [2.45, 2.75) is 6.54 Å². The minimum atomic E-state index is -0.658. The van der Waals surface area contributed by atoms with Crippen LogP contribution < -0.4 is 21.5 Å². The molecule has 0 aliphatic carbocycles. The lowest BCUT2D eigenvalue weighted by Crippen LogP contribution is -2.46. The number of nitrogens with one attached hydrogen (secondary N) is 2. The van der Waals surface area contributed by atoms with Crippen LogP contribution in [0.1, 0.15) is 16.1 Å². The second-order valence-corrected chi connectivity index (χ2v) is 7.52. The zero-order chi connectivity index (χ0) is 22.1. The number of hydrogen-bond acceptors (Lipinski definition) is 6. The Morgan fingerprint density at radius 1 is 1.16 bits per heavy atom. The smallest absolute Gasteiger partial charge is 0.328 e. The van der Waals surface area contributed by atoms with Gasteiger partial charge in [0.2, 0.25) is 5.95 Å². The Bertz CT molecular complexity index is 1260. The minimum Gasteiger partial charge on any atom is -0.365 e. The second kappa shape index (κ2) is 8.31. The highest BCUT2D eigenvalue weighted by atomic mass is 19.1. The van der Waals surface area contributed by atoms with Crippen LogP contribution in [0.5, 0.6) is 0 Å². The van der Waals surface area contributed by atoms with E-state index in [1.54, 1.807) is 12.1 Å². The lowest BCUT2D eigenvalue weighted by atomic mass is 10.1. The lowest BCUT2D eigenvalue weighted by Gasteiger charge is -2.36. The van der Waals surface area contributed by atoms with Crippen LogP contribution in [0, 0.1) is 5.95 Å². The van der Waals surface area contributed by atoms with Crippen LogP contribution in [-0.2, 0) is 13.6 Å². The maximum absolute atomic E-state index is 14.4. The fourth-order valence-corrected chi connectivity index (χ4v) is 3.77. The Balaban J connectivity index is 1.44. The largest absolute Gasteiger partial charge is 0.365 e. The van der Waals surface area contributed by atoms with Gasteiger partial charge in [-0.2, -0.15) is 4.39 Å². The molecule has 2 N–H and O–H groups in total. The van der Waals surface area contributed by atoms with E-state index in [2.05, 4.69) is 20.2 Å². The zero-order valence-corrected chi connectivity index (χ0v) is 17.3. The quantitative estimate of drug-likeness (QED) is 0.587. The zero-order valence-electron chi connectivity index (χ0n) is 17.3. The Morgan fingerprint density at radius 2 is 1.90 bits per heavy atom. The normalized spacial score (nSPS) is 14.7. The van der Waals surface area contributed by atoms with Crippen molar-refractivity contribution in [3.8, 4) is 0 Å². The van der Waals surface area contributed by atoms with E-state index in [0.717, 1.165) is 10.1 Å². The molecule has 0 bridgehead atoms. The predicted molar refractivity (Wildman–Crippen MR) is 115 cm³/mol. The summed E-state index contributed by atoms with van der Waals surface area (Å²) in [5.41, 5.74) is 1.16. The molecule has 4 rings (SSSR count). The number of fused-ring (bicyclic) bond motifs is 1. The van der Waals surface area contributed by atoms with E-state index in [1.807, 2.05) is 17.0 Å². The standard InChI is InChI=1S/C21H23FN6O3/c1-23-19(29)15-5-6-17(18(22)24-15)28-9-7-27(8-10-28)12-13-3-4-14-16(11-13)25-21(31)26(2)20(14)30/h3-6,11H,7-10,12H2,1-2H3,(H,23,29)(H,25,31). The van der Waals surface area contributed by atoms with Gasteiger partial charge in [0.25, 0.3) is 11.5 Å². The van der Waals surface area contributed by atoms with E-state index in [1.165, 1.54) is 20.2 Å². The first kappa shape index (κ1) is 20.7. The maximum Gasteiger partial charge on any atom is 0.328 e. The van der Waals surface area contributed by atoms with Gasteiger partial charge in [-0.25, -0.2) is 9.78 Å². The van der Waals surface area contributed by atoms with E-state index in [0.29, 0.717) is 49.3 Å². The van der Waals surface area contributed by atoms with Crippen molar-refractivity contribution in [3.05, 3.63) is 68.4 Å². The number of piperazine rings is 1. The molecule has 1 saturated heterocycles. The first-order valence-corrected chi connectivity index (χ1v) is 9.95. The molecule has 1 fully saturated rings. The molecular formula is C21H23FN6O3. The van der Waals surface area contributed by atoms with Crippen molar-refractivity contribution >= 4 is 22.5 Å². The first-order valence-electron chi connectivity index (χ1n) is 9.95. The number of H-pyrrole nitrogens is 1. The molecule has 31 heavy (non-hydrogen) atoms. The summed E-state index contributed by atoms with van der Waals surface area (Å²) in [6.45, 7) is 3.30. The average Bonchev–Trinajstić information content (AvgIpc) is 2.77. The average molecular weight is 426 g/mol. The summed E-state index contributed by atoms with van der Waals surface area (Å²) in [5.74, 6) is -1.08. The van der Waals surface area contributed by atoms with E-state index in [-0.39, 0.29) is 11.3 Å². The van der Waals surface area contributed by atoms with Crippen LogP contribution in [0.2, 0.25) is 0 Å². The molecule has 2 aromatic heterocycles. The maximum atomic E-state index is 14.4. The Hall–Kier alpha value is -3.53. The topological polar surface area (TPSA) is 103 Å². The molecule has 0 radical (unpaired) electrons. The summed E-state index contributed by atoms with van der Waals surface area (Å²) < 4.78 is 15.5. The van der Waals surface area contributed by atoms with Crippen LogP contribution in [-0.4, -0.2) is 58.6 Å². The van der Waals surface area contributed by atoms with Gasteiger partial charge in [0.1, 0.15) is 5.69 Å². The van der Waals surface area contributed by atoms with Gasteiger partial charge in [0.05, 0.1) is 16.6 Å². The molecule has 0 spiro atoms. The molecular weight excluding hydrogens is 403 g/mol. The number of benzene rings is 1. The Labute approximate surface area is 177 Å². The SMILES string of the molecule is CNC(=O)c1ccc(N2CCN(Cc3ccc4c(=O)n(C)c(=O)[nH]c4c3)CC2)c(F)n1. The van der Waals surface area contributed by atoms with Crippen molar-refractivity contribution in [1.82, 2.24) is 24.8 Å². The van der Waals surface area contributed by atoms with E-state index >= 15 is 0 Å². The van der Waals surface area contributed by atoms with Gasteiger partial charge in [-0.05, 0) is 29.8 Å². The van der Waals surface area contributed by atoms with Crippen LogP contribution >= 0.6 is 0 Å². The molecule has 1 aromatic carbocycles. The number of rotatable bonds is 4. The number of pyridine rings is 1. The third kappa shape index (κ3) is 4.06. The Kier molecular flexibility index (Phi) is 5.55. The molecule has 9 nitrogen and oxygen atoms in total. The van der Waals surface area contributed by atoms with Crippen LogP contribution in [0.4, 0.5) is 10.1 Å². The summed E-state index contributed by atoms with van der Waals surface area (Å²) in [6.07, 6.45) is 0. The Morgan fingerprint density at radius 3 is 2.58 bits per heavy atom. The van der Waals surface area contributed by atoms with Gasteiger partial charge in [-0.1, -0.05) is 6.07 Å². The third-order valence-corrected chi connectivity index (χ3v) is 5.57. The van der Waals surface area contributed by atoms with Crippen LogP contribution in [0.25, 0.3) is 10.9 Å². The second-order valence-electron chi connectivity index (χ2n) is 7.52. The van der Waals surface area contributed by atoms with Crippen molar-refractivity contribution < 1.29 is 9.18 Å². The molecule has 3 aromatic rings. The minimum absolute atomic E-state index is 0.0477. The van der Waals surface area contributed by atoms with Gasteiger partial charge in [-0.15, -0.1) is 0 Å². The highest BCUT2D eigenvalue weighted by molar-refractivity contribution is 5.92. The molecule has 1 aliphatic rings. The van der Waals surface area contributed by atoms with Gasteiger partial charge in [0, 0.05) is 46.8 Å². The summed E-state index contributed by atoms with van der Waals surface area (Å²) in [4.78, 5) is 46.3. The first-order chi connectivity index (χ1) is 14.9. The van der Waals surface area contributed by atoms with E-state index in [4.69, 9.17) is 0 Å². The van der Waals surface area contributed by atoms with Crippen molar-refractivity contribution in [3.63, 3.8) is 0 Å². The molecule has 0 unspecified atom stereocenters. The van der Waals surface area contributed by atoms with Crippen LogP contribution in [0.3, 0.4) is 0 Å².